The summed E-state index contributed by atoms with van der Waals surface area (Å²) in [6.07, 6.45) is -0.309. The van der Waals surface area contributed by atoms with Crippen LogP contribution < -0.4 is 21.3 Å². The topological polar surface area (TPSA) is 106 Å². The molecule has 4 aromatic rings. The summed E-state index contributed by atoms with van der Waals surface area (Å²) in [5, 5.41) is 14.8. The Hall–Kier alpha value is -3.98. The molecule has 3 N–H and O–H groups in total. The van der Waals surface area contributed by atoms with E-state index in [1.54, 1.807) is 14.0 Å². The highest BCUT2D eigenvalue weighted by Crippen LogP contribution is 2.40. The largest absolute Gasteiger partial charge is 0.497 e. The Labute approximate surface area is 214 Å². The predicted molar refractivity (Wildman–Crippen MR) is 140 cm³/mol. The first-order chi connectivity index (χ1) is 17.9. The number of aliphatic hydroxyl groups is 1. The van der Waals surface area contributed by atoms with Crippen molar-refractivity contribution in [2.45, 2.75) is 30.8 Å². The fourth-order valence-corrected chi connectivity index (χ4v) is 5.01. The number of nitrogens with zero attached hydrogens (tertiary/aromatic N) is 1. The van der Waals surface area contributed by atoms with E-state index in [1.807, 2.05) is 84.9 Å². The number of rotatable bonds is 7. The molecule has 3 atom stereocenters. The minimum absolute atomic E-state index is 0.0230. The van der Waals surface area contributed by atoms with E-state index in [9.17, 15) is 14.7 Å². The number of aromatic amines is 1. The van der Waals surface area contributed by atoms with E-state index in [-0.39, 0.29) is 6.61 Å². The van der Waals surface area contributed by atoms with Gasteiger partial charge in [-0.1, -0.05) is 72.8 Å². The molecule has 1 aliphatic heterocycles. The molecule has 1 aliphatic rings. The SMILES string of the molecule is COc1ccc(C(N[C@H]2[C@H](n3cc(C)c(=O)[nH]c3=O)OC[C@@H]2O)(c2ccccc2)c2ccccc2)cc1. The van der Waals surface area contributed by atoms with Gasteiger partial charge in [-0.25, -0.2) is 4.79 Å². The number of ether oxygens (including phenoxy) is 2. The van der Waals surface area contributed by atoms with E-state index in [0.717, 1.165) is 22.4 Å². The summed E-state index contributed by atoms with van der Waals surface area (Å²) in [5.74, 6) is 0.719. The lowest BCUT2D eigenvalue weighted by atomic mass is 9.76. The first-order valence-electron chi connectivity index (χ1n) is 12.1. The van der Waals surface area contributed by atoms with Crippen LogP contribution in [0.4, 0.5) is 0 Å². The van der Waals surface area contributed by atoms with Crippen LogP contribution in [-0.2, 0) is 10.3 Å². The number of aryl methyl sites for hydroxylation is 1. The molecule has 0 unspecified atom stereocenters. The third-order valence-corrected chi connectivity index (χ3v) is 6.90. The zero-order valence-corrected chi connectivity index (χ0v) is 20.6. The predicted octanol–water partition coefficient (Wildman–Crippen LogP) is 2.69. The molecular formula is C29H29N3O5. The van der Waals surface area contributed by atoms with E-state index in [4.69, 9.17) is 9.47 Å². The molecule has 3 aromatic carbocycles. The summed E-state index contributed by atoms with van der Waals surface area (Å²) in [6, 6.07) is 26.9. The first-order valence-corrected chi connectivity index (χ1v) is 12.1. The van der Waals surface area contributed by atoms with E-state index in [1.165, 1.54) is 10.8 Å². The maximum Gasteiger partial charge on any atom is 0.330 e. The van der Waals surface area contributed by atoms with Crippen molar-refractivity contribution in [1.82, 2.24) is 14.9 Å². The van der Waals surface area contributed by atoms with E-state index < -0.39 is 35.2 Å². The van der Waals surface area contributed by atoms with E-state index >= 15 is 0 Å². The number of methoxy groups -OCH3 is 1. The molecule has 0 spiro atoms. The first kappa shape index (κ1) is 24.7. The minimum atomic E-state index is -0.923. The average Bonchev–Trinajstić information content (AvgIpc) is 3.29. The van der Waals surface area contributed by atoms with Crippen LogP contribution in [0, 0.1) is 6.92 Å². The standard InChI is InChI=1S/C29H29N3O5/c1-19-17-32(28(35)30-26(19)34)27-25(24(33)18-37-27)31-29(20-9-5-3-6-10-20,21-11-7-4-8-12-21)22-13-15-23(36-2)16-14-22/h3-17,24-25,27,31,33H,18H2,1-2H3,(H,30,34,35)/t24-,25+,27+/m0/s1. The Morgan fingerprint density at radius 3 is 2.08 bits per heavy atom. The second-order valence-corrected chi connectivity index (χ2v) is 9.15. The van der Waals surface area contributed by atoms with Gasteiger partial charge in [0.2, 0.25) is 0 Å². The summed E-state index contributed by atoms with van der Waals surface area (Å²) in [6.45, 7) is 1.65. The number of H-pyrrole nitrogens is 1. The number of benzene rings is 3. The summed E-state index contributed by atoms with van der Waals surface area (Å²) in [5.41, 5.74) is 1.18. The van der Waals surface area contributed by atoms with Crippen LogP contribution in [0.5, 0.6) is 5.75 Å². The van der Waals surface area contributed by atoms with Gasteiger partial charge in [0.15, 0.2) is 6.23 Å². The number of aliphatic hydroxyl groups excluding tert-OH is 1. The third kappa shape index (κ3) is 4.51. The van der Waals surface area contributed by atoms with Crippen LogP contribution in [0.3, 0.4) is 0 Å². The molecule has 8 nitrogen and oxygen atoms in total. The maximum atomic E-state index is 12.8. The number of hydrogen-bond acceptors (Lipinski definition) is 6. The van der Waals surface area contributed by atoms with Crippen molar-refractivity contribution in [3.05, 3.63) is 134 Å². The minimum Gasteiger partial charge on any atom is -0.497 e. The van der Waals surface area contributed by atoms with Crippen LogP contribution in [0.1, 0.15) is 28.5 Å². The number of hydrogen-bond donors (Lipinski definition) is 3. The van der Waals surface area contributed by atoms with Crippen molar-refractivity contribution in [3.63, 3.8) is 0 Å². The molecule has 1 aromatic heterocycles. The summed E-state index contributed by atoms with van der Waals surface area (Å²) in [7, 11) is 1.62. The number of aromatic nitrogens is 2. The Morgan fingerprint density at radius 2 is 1.51 bits per heavy atom. The van der Waals surface area contributed by atoms with Crippen LogP contribution >= 0.6 is 0 Å². The Balaban J connectivity index is 1.72. The highest BCUT2D eigenvalue weighted by Gasteiger charge is 2.46. The van der Waals surface area contributed by atoms with Gasteiger partial charge in [0.05, 0.1) is 31.4 Å². The molecular weight excluding hydrogens is 470 g/mol. The smallest absolute Gasteiger partial charge is 0.330 e. The van der Waals surface area contributed by atoms with Gasteiger partial charge in [-0.05, 0) is 35.7 Å². The molecule has 1 saturated heterocycles. The van der Waals surface area contributed by atoms with Gasteiger partial charge < -0.3 is 14.6 Å². The van der Waals surface area contributed by atoms with Crippen LogP contribution in [0.2, 0.25) is 0 Å². The number of nitrogens with one attached hydrogen (secondary N) is 2. The molecule has 1 fully saturated rings. The van der Waals surface area contributed by atoms with Gasteiger partial charge >= 0.3 is 5.69 Å². The second-order valence-electron chi connectivity index (χ2n) is 9.15. The lowest BCUT2D eigenvalue weighted by Gasteiger charge is -2.41. The normalized spacial score (nSPS) is 19.6. The van der Waals surface area contributed by atoms with Crippen molar-refractivity contribution >= 4 is 0 Å². The monoisotopic (exact) mass is 499 g/mol. The van der Waals surface area contributed by atoms with E-state index in [2.05, 4.69) is 10.3 Å². The third-order valence-electron chi connectivity index (χ3n) is 6.90. The zero-order chi connectivity index (χ0) is 26.0. The van der Waals surface area contributed by atoms with Crippen molar-refractivity contribution in [3.8, 4) is 5.75 Å². The van der Waals surface area contributed by atoms with Gasteiger partial charge in [-0.3, -0.25) is 19.7 Å². The van der Waals surface area contributed by atoms with Crippen molar-refractivity contribution in [1.29, 1.82) is 0 Å². The highest BCUT2D eigenvalue weighted by atomic mass is 16.5. The van der Waals surface area contributed by atoms with Crippen molar-refractivity contribution in [2.24, 2.45) is 0 Å². The molecule has 37 heavy (non-hydrogen) atoms. The van der Waals surface area contributed by atoms with Crippen molar-refractivity contribution in [2.75, 3.05) is 13.7 Å². The molecule has 8 heteroatoms. The molecule has 0 radical (unpaired) electrons. The van der Waals surface area contributed by atoms with E-state index in [0.29, 0.717) is 5.56 Å². The molecule has 2 heterocycles. The Morgan fingerprint density at radius 1 is 0.946 bits per heavy atom. The lowest BCUT2D eigenvalue weighted by molar-refractivity contribution is 0.0335. The second kappa shape index (κ2) is 10.2. The Bertz CT molecular complexity index is 1430. The van der Waals surface area contributed by atoms with Gasteiger partial charge in [0, 0.05) is 11.8 Å². The average molecular weight is 500 g/mol. The molecule has 190 valence electrons. The van der Waals surface area contributed by atoms with Crippen LogP contribution in [0.15, 0.2) is 101 Å². The molecule has 0 amide bonds. The molecule has 0 aliphatic carbocycles. The van der Waals surface area contributed by atoms with Gasteiger partial charge in [-0.2, -0.15) is 0 Å². The molecule has 0 saturated carbocycles. The summed E-state index contributed by atoms with van der Waals surface area (Å²) in [4.78, 5) is 27.1. The van der Waals surface area contributed by atoms with Crippen molar-refractivity contribution < 1.29 is 14.6 Å². The van der Waals surface area contributed by atoms with Crippen LogP contribution in [0.25, 0.3) is 0 Å². The fraction of sp³-hybridized carbons (Fsp3) is 0.241. The van der Waals surface area contributed by atoms with Gasteiger partial charge in [-0.15, -0.1) is 0 Å². The Kier molecular flexibility index (Phi) is 6.80. The van der Waals surface area contributed by atoms with Crippen LogP contribution in [-0.4, -0.2) is 40.5 Å². The fourth-order valence-electron chi connectivity index (χ4n) is 5.01. The molecule has 0 bridgehead atoms. The lowest BCUT2D eigenvalue weighted by Crippen LogP contribution is -2.55. The highest BCUT2D eigenvalue weighted by molar-refractivity contribution is 5.50. The molecule has 5 rings (SSSR count). The van der Waals surface area contributed by atoms with Gasteiger partial charge in [0.25, 0.3) is 5.56 Å². The van der Waals surface area contributed by atoms with Gasteiger partial charge in [0.1, 0.15) is 5.75 Å². The zero-order valence-electron chi connectivity index (χ0n) is 20.6. The maximum absolute atomic E-state index is 12.8. The summed E-state index contributed by atoms with van der Waals surface area (Å²) < 4.78 is 12.7. The quantitative estimate of drug-likeness (QED) is 0.338. The summed E-state index contributed by atoms with van der Waals surface area (Å²) >= 11 is 0.